The van der Waals surface area contributed by atoms with Gasteiger partial charge < -0.3 is 14.2 Å². The highest BCUT2D eigenvalue weighted by atomic mass is 32.2. The topological polar surface area (TPSA) is 44.8 Å². The Morgan fingerprint density at radius 1 is 1.16 bits per heavy atom. The van der Waals surface area contributed by atoms with Gasteiger partial charge in [0.2, 0.25) is 0 Å². The summed E-state index contributed by atoms with van der Waals surface area (Å²) < 4.78 is 54.1. The van der Waals surface area contributed by atoms with Gasteiger partial charge in [0, 0.05) is 10.6 Å². The highest BCUT2D eigenvalue weighted by Gasteiger charge is 2.29. The summed E-state index contributed by atoms with van der Waals surface area (Å²) in [7, 11) is 0. The number of aryl methyl sites for hydroxylation is 2. The van der Waals surface area contributed by atoms with Crippen LogP contribution in [0.3, 0.4) is 0 Å². The molecule has 0 radical (unpaired) electrons. The lowest BCUT2D eigenvalue weighted by molar-refractivity contribution is -0.145. The summed E-state index contributed by atoms with van der Waals surface area (Å²) in [6, 6.07) is 10.9. The number of esters is 1. The normalized spacial score (nSPS) is 12.4. The number of carbonyl (C=O) groups excluding carboxylic acids is 1. The van der Waals surface area contributed by atoms with Crippen LogP contribution in [0.2, 0.25) is 0 Å². The van der Waals surface area contributed by atoms with Crippen molar-refractivity contribution in [3.63, 3.8) is 0 Å². The van der Waals surface area contributed by atoms with Crippen molar-refractivity contribution in [2.75, 3.05) is 24.9 Å². The molecule has 4 nitrogen and oxygen atoms in total. The van der Waals surface area contributed by atoms with Gasteiger partial charge in [-0.3, -0.25) is 0 Å². The molecule has 0 aliphatic carbocycles. The number of benzene rings is 2. The van der Waals surface area contributed by atoms with Crippen LogP contribution in [0, 0.1) is 6.92 Å². The number of halogens is 3. The Morgan fingerprint density at radius 3 is 2.47 bits per heavy atom. The van der Waals surface area contributed by atoms with Crippen LogP contribution in [0.4, 0.5) is 13.2 Å². The van der Waals surface area contributed by atoms with Gasteiger partial charge in [0.25, 0.3) is 0 Å². The van der Waals surface area contributed by atoms with E-state index in [2.05, 4.69) is 12.6 Å². The lowest BCUT2D eigenvalue weighted by Gasteiger charge is -2.17. The van der Waals surface area contributed by atoms with Crippen molar-refractivity contribution in [1.29, 1.82) is 0 Å². The summed E-state index contributed by atoms with van der Waals surface area (Å²) in [5.41, 5.74) is 1.08. The van der Waals surface area contributed by atoms with Gasteiger partial charge in [0.05, 0.1) is 24.2 Å². The molecule has 0 heterocycles. The number of thiol groups is 1. The first kappa shape index (κ1) is 26.4. The first-order valence-corrected chi connectivity index (χ1v) is 11.7. The fourth-order valence-corrected chi connectivity index (χ4v) is 4.19. The molecule has 0 N–H and O–H groups in total. The van der Waals surface area contributed by atoms with Gasteiger partial charge in [-0.25, -0.2) is 4.79 Å². The second-order valence-corrected chi connectivity index (χ2v) is 8.33. The SMILES string of the molecule is CCOC(=O)COc1ccc(SCC(CCc2ccc(C(F)(F)F)cc2)OCS)cc1C. The van der Waals surface area contributed by atoms with Gasteiger partial charge in [0.15, 0.2) is 6.61 Å². The van der Waals surface area contributed by atoms with Gasteiger partial charge in [0.1, 0.15) is 5.75 Å². The van der Waals surface area contributed by atoms with E-state index in [-0.39, 0.29) is 18.6 Å². The number of alkyl halides is 3. The molecule has 9 heteroatoms. The average Bonchev–Trinajstić information content (AvgIpc) is 2.75. The number of thioether (sulfide) groups is 1. The second-order valence-electron chi connectivity index (χ2n) is 6.98. The monoisotopic (exact) mass is 488 g/mol. The Bertz CT molecular complexity index is 857. The van der Waals surface area contributed by atoms with E-state index < -0.39 is 17.7 Å². The Hall–Kier alpha value is -1.84. The zero-order chi connectivity index (χ0) is 23.6. The predicted molar refractivity (Wildman–Crippen MR) is 123 cm³/mol. The molecule has 2 rings (SSSR count). The third-order valence-corrected chi connectivity index (χ3v) is 5.85. The standard InChI is InChI=1S/C23H27F3O4S2/c1-3-28-22(27)13-29-21-11-10-20(12-16(21)2)32-14-19(30-15-31)9-6-17-4-7-18(8-5-17)23(24,25)26/h4-5,7-8,10-12,19,31H,3,6,9,13-15H2,1-2H3. The maximum atomic E-state index is 12.7. The zero-order valence-corrected chi connectivity index (χ0v) is 19.7. The lowest BCUT2D eigenvalue weighted by Crippen LogP contribution is -2.16. The first-order valence-electron chi connectivity index (χ1n) is 10.1. The maximum Gasteiger partial charge on any atom is 0.416 e. The minimum atomic E-state index is -4.33. The Labute approximate surface area is 196 Å². The lowest BCUT2D eigenvalue weighted by atomic mass is 10.1. The van der Waals surface area contributed by atoms with E-state index in [1.807, 2.05) is 25.1 Å². The van der Waals surface area contributed by atoms with E-state index >= 15 is 0 Å². The number of ether oxygens (including phenoxy) is 3. The number of rotatable bonds is 12. The smallest absolute Gasteiger partial charge is 0.416 e. The molecule has 1 atom stereocenters. The van der Waals surface area contributed by atoms with Crippen LogP contribution in [-0.4, -0.2) is 37.0 Å². The van der Waals surface area contributed by atoms with Crippen molar-refractivity contribution in [2.24, 2.45) is 0 Å². The van der Waals surface area contributed by atoms with Crippen LogP contribution >= 0.6 is 24.4 Å². The van der Waals surface area contributed by atoms with E-state index in [9.17, 15) is 18.0 Å². The van der Waals surface area contributed by atoms with E-state index in [1.165, 1.54) is 12.1 Å². The van der Waals surface area contributed by atoms with Crippen LogP contribution in [0.15, 0.2) is 47.4 Å². The van der Waals surface area contributed by atoms with E-state index in [0.717, 1.165) is 28.2 Å². The van der Waals surface area contributed by atoms with Crippen LogP contribution in [0.25, 0.3) is 0 Å². The summed E-state index contributed by atoms with van der Waals surface area (Å²) in [5, 5.41) is 0. The molecular formula is C23H27F3O4S2. The average molecular weight is 489 g/mol. The first-order chi connectivity index (χ1) is 15.2. The van der Waals surface area contributed by atoms with E-state index in [4.69, 9.17) is 14.2 Å². The molecule has 2 aromatic rings. The number of hydrogen-bond donors (Lipinski definition) is 1. The molecule has 0 saturated carbocycles. The van der Waals surface area contributed by atoms with Crippen molar-refractivity contribution < 1.29 is 32.2 Å². The van der Waals surface area contributed by atoms with Gasteiger partial charge in [-0.05, 0) is 68.1 Å². The molecule has 0 spiro atoms. The minimum absolute atomic E-state index is 0.0974. The summed E-state index contributed by atoms with van der Waals surface area (Å²) >= 11 is 5.75. The van der Waals surface area contributed by atoms with Crippen molar-refractivity contribution in [1.82, 2.24) is 0 Å². The van der Waals surface area contributed by atoms with Crippen molar-refractivity contribution in [3.05, 3.63) is 59.2 Å². The molecule has 0 saturated heterocycles. The summed E-state index contributed by atoms with van der Waals surface area (Å²) in [6.07, 6.45) is -3.15. The molecule has 0 aliphatic heterocycles. The zero-order valence-electron chi connectivity index (χ0n) is 18.0. The second kappa shape index (κ2) is 13.0. The third-order valence-electron chi connectivity index (χ3n) is 4.58. The molecule has 0 amide bonds. The third kappa shape index (κ3) is 8.96. The quantitative estimate of drug-likeness (QED) is 0.173. The van der Waals surface area contributed by atoms with Crippen LogP contribution in [0.1, 0.15) is 30.0 Å². The minimum Gasteiger partial charge on any atom is -0.482 e. The van der Waals surface area contributed by atoms with E-state index in [0.29, 0.717) is 31.0 Å². The maximum absolute atomic E-state index is 12.7. The molecule has 176 valence electrons. The molecule has 32 heavy (non-hydrogen) atoms. The molecule has 0 aliphatic rings. The van der Waals surface area contributed by atoms with E-state index in [1.54, 1.807) is 18.7 Å². The molecule has 0 bridgehead atoms. The molecule has 0 aromatic heterocycles. The summed E-state index contributed by atoms with van der Waals surface area (Å²) in [4.78, 5) is 12.5. The van der Waals surface area contributed by atoms with Gasteiger partial charge in [-0.1, -0.05) is 12.1 Å². The summed E-state index contributed by atoms with van der Waals surface area (Å²) in [6.45, 7) is 3.81. The molecule has 2 aromatic carbocycles. The van der Waals surface area contributed by atoms with Crippen molar-refractivity contribution >= 4 is 30.4 Å². The Kier molecular flexibility index (Phi) is 10.7. The molecule has 1 unspecified atom stereocenters. The summed E-state index contributed by atoms with van der Waals surface area (Å²) in [5.74, 6) is 1.14. The van der Waals surface area contributed by atoms with Gasteiger partial charge in [-0.2, -0.15) is 25.8 Å². The Morgan fingerprint density at radius 2 is 1.88 bits per heavy atom. The van der Waals surface area contributed by atoms with Crippen molar-refractivity contribution in [3.8, 4) is 5.75 Å². The van der Waals surface area contributed by atoms with Gasteiger partial charge in [-0.15, -0.1) is 11.8 Å². The van der Waals surface area contributed by atoms with Crippen LogP contribution in [-0.2, 0) is 26.9 Å². The van der Waals surface area contributed by atoms with Crippen LogP contribution in [0.5, 0.6) is 5.75 Å². The van der Waals surface area contributed by atoms with Crippen LogP contribution < -0.4 is 4.74 Å². The largest absolute Gasteiger partial charge is 0.482 e. The molecule has 0 fully saturated rings. The van der Waals surface area contributed by atoms with Crippen molar-refractivity contribution in [2.45, 2.75) is 43.9 Å². The predicted octanol–water partition coefficient (Wildman–Crippen LogP) is 5.95. The van der Waals surface area contributed by atoms with Gasteiger partial charge >= 0.3 is 12.1 Å². The molecular weight excluding hydrogens is 461 g/mol. The Balaban J connectivity index is 1.87. The number of carbonyl (C=O) groups is 1. The highest BCUT2D eigenvalue weighted by molar-refractivity contribution is 7.99. The highest BCUT2D eigenvalue weighted by Crippen LogP contribution is 2.30. The number of hydrogen-bond acceptors (Lipinski definition) is 6. The fraction of sp³-hybridized carbons (Fsp3) is 0.435. The fourth-order valence-electron chi connectivity index (χ4n) is 2.91.